The molecule has 1 fully saturated rings. The Hall–Kier alpha value is 0. The number of rotatable bonds is 1. The molecule has 0 spiro atoms. The molecule has 84 valence electrons. The lowest BCUT2D eigenvalue weighted by atomic mass is 9.58. The van der Waals surface area contributed by atoms with Gasteiger partial charge in [-0.1, -0.05) is 54.9 Å². The van der Waals surface area contributed by atoms with Crippen LogP contribution in [0.4, 0.5) is 0 Å². The zero-order valence-electron chi connectivity index (χ0n) is 11.1. The Labute approximate surface area is 90.5 Å². The molecule has 0 N–H and O–H groups in total. The van der Waals surface area contributed by atoms with E-state index in [4.69, 9.17) is 0 Å². The average Bonchev–Trinajstić information content (AvgIpc) is 2.29. The second-order valence-corrected chi connectivity index (χ2v) is 6.63. The van der Waals surface area contributed by atoms with Crippen molar-refractivity contribution in [1.82, 2.24) is 0 Å². The Morgan fingerprint density at radius 2 is 1.71 bits per heavy atom. The molecule has 1 rings (SSSR count). The monoisotopic (exact) mass is 196 g/mol. The molecule has 0 nitrogen and oxygen atoms in total. The van der Waals surface area contributed by atoms with E-state index in [1.165, 1.54) is 12.8 Å². The van der Waals surface area contributed by atoms with Crippen molar-refractivity contribution in [2.75, 3.05) is 0 Å². The van der Waals surface area contributed by atoms with Gasteiger partial charge in [-0.15, -0.1) is 0 Å². The van der Waals surface area contributed by atoms with Crippen LogP contribution < -0.4 is 0 Å². The van der Waals surface area contributed by atoms with Crippen LogP contribution in [-0.4, -0.2) is 0 Å². The van der Waals surface area contributed by atoms with Crippen LogP contribution in [0.1, 0.15) is 61.3 Å². The predicted octanol–water partition coefficient (Wildman–Crippen LogP) is 4.74. The molecule has 0 aliphatic heterocycles. The molecule has 1 saturated carbocycles. The van der Waals surface area contributed by atoms with Gasteiger partial charge in [-0.3, -0.25) is 0 Å². The molecule has 0 aromatic rings. The topological polar surface area (TPSA) is 0 Å². The van der Waals surface area contributed by atoms with Gasteiger partial charge >= 0.3 is 0 Å². The Bertz CT molecular complexity index is 199. The van der Waals surface area contributed by atoms with Crippen LogP contribution in [0, 0.1) is 28.6 Å². The lowest BCUT2D eigenvalue weighted by molar-refractivity contribution is 0.0199. The Morgan fingerprint density at radius 1 is 1.21 bits per heavy atom. The second kappa shape index (κ2) is 3.54. The van der Waals surface area contributed by atoms with Crippen molar-refractivity contribution in [1.29, 1.82) is 0 Å². The number of hydrogen-bond donors (Lipinski definition) is 0. The summed E-state index contributed by atoms with van der Waals surface area (Å²) >= 11 is 0. The Kier molecular flexibility index (Phi) is 3.05. The zero-order chi connectivity index (χ0) is 11.1. The first kappa shape index (κ1) is 12.1. The smallest absolute Gasteiger partial charge is 0.0223 e. The molecule has 1 aliphatic carbocycles. The van der Waals surface area contributed by atoms with Gasteiger partial charge in [0.1, 0.15) is 0 Å². The fraction of sp³-hybridized carbons (Fsp3) is 1.00. The number of hydrogen-bond acceptors (Lipinski definition) is 0. The van der Waals surface area contributed by atoms with Gasteiger partial charge < -0.3 is 0 Å². The first-order valence-corrected chi connectivity index (χ1v) is 6.25. The second-order valence-electron chi connectivity index (χ2n) is 6.63. The quantitative estimate of drug-likeness (QED) is 0.568. The third kappa shape index (κ3) is 1.51. The van der Waals surface area contributed by atoms with Gasteiger partial charge in [0.15, 0.2) is 0 Å². The van der Waals surface area contributed by atoms with Crippen LogP contribution in [0.2, 0.25) is 0 Å². The van der Waals surface area contributed by atoms with Crippen molar-refractivity contribution in [3.05, 3.63) is 0 Å². The predicted molar refractivity (Wildman–Crippen MR) is 64.3 cm³/mol. The maximum absolute atomic E-state index is 2.51. The lowest BCUT2D eigenvalue weighted by Gasteiger charge is -2.46. The first-order valence-electron chi connectivity index (χ1n) is 6.25. The maximum Gasteiger partial charge on any atom is -0.0223 e. The molecule has 0 bridgehead atoms. The van der Waals surface area contributed by atoms with Crippen LogP contribution in [0.15, 0.2) is 0 Å². The molecular weight excluding hydrogens is 168 g/mol. The molecule has 14 heavy (non-hydrogen) atoms. The van der Waals surface area contributed by atoms with Gasteiger partial charge in [0.05, 0.1) is 0 Å². The molecule has 0 heterocycles. The summed E-state index contributed by atoms with van der Waals surface area (Å²) in [4.78, 5) is 0. The van der Waals surface area contributed by atoms with Crippen molar-refractivity contribution in [2.45, 2.75) is 61.3 Å². The van der Waals surface area contributed by atoms with Crippen molar-refractivity contribution in [3.8, 4) is 0 Å². The summed E-state index contributed by atoms with van der Waals surface area (Å²) in [6, 6.07) is 0. The minimum atomic E-state index is 0.440. The van der Waals surface area contributed by atoms with Gasteiger partial charge in [0, 0.05) is 0 Å². The average molecular weight is 196 g/mol. The molecule has 0 amide bonds. The van der Waals surface area contributed by atoms with Crippen LogP contribution >= 0.6 is 0 Å². The molecular formula is C14H28. The van der Waals surface area contributed by atoms with E-state index in [0.29, 0.717) is 10.8 Å². The molecule has 4 atom stereocenters. The van der Waals surface area contributed by atoms with E-state index in [-0.39, 0.29) is 0 Å². The summed E-state index contributed by atoms with van der Waals surface area (Å²) in [6.45, 7) is 17.0. The SMILES string of the molecule is CCC1CC(C)C(C)(C(C)(C)C)C1C. The van der Waals surface area contributed by atoms with Crippen LogP contribution in [-0.2, 0) is 0 Å². The van der Waals surface area contributed by atoms with E-state index in [0.717, 1.165) is 17.8 Å². The fourth-order valence-electron chi connectivity index (χ4n) is 3.78. The van der Waals surface area contributed by atoms with E-state index in [2.05, 4.69) is 48.5 Å². The summed E-state index contributed by atoms with van der Waals surface area (Å²) in [5.41, 5.74) is 0.962. The lowest BCUT2D eigenvalue weighted by Crippen LogP contribution is -2.40. The molecule has 0 heteroatoms. The van der Waals surface area contributed by atoms with Crippen molar-refractivity contribution in [2.24, 2.45) is 28.6 Å². The van der Waals surface area contributed by atoms with Crippen molar-refractivity contribution in [3.63, 3.8) is 0 Å². The molecule has 1 aliphatic rings. The highest BCUT2D eigenvalue weighted by atomic mass is 14.6. The maximum atomic E-state index is 2.51. The third-order valence-electron chi connectivity index (χ3n) is 5.47. The highest BCUT2D eigenvalue weighted by Crippen LogP contribution is 2.60. The van der Waals surface area contributed by atoms with Crippen molar-refractivity contribution < 1.29 is 0 Å². The van der Waals surface area contributed by atoms with E-state index in [9.17, 15) is 0 Å². The Balaban J connectivity index is 2.99. The van der Waals surface area contributed by atoms with Gasteiger partial charge in [-0.25, -0.2) is 0 Å². The summed E-state index contributed by atoms with van der Waals surface area (Å²) < 4.78 is 0. The summed E-state index contributed by atoms with van der Waals surface area (Å²) in [5, 5.41) is 0. The molecule has 4 unspecified atom stereocenters. The fourth-order valence-corrected chi connectivity index (χ4v) is 3.78. The van der Waals surface area contributed by atoms with E-state index in [1.807, 2.05) is 0 Å². The third-order valence-corrected chi connectivity index (χ3v) is 5.47. The first-order chi connectivity index (χ1) is 6.25. The minimum Gasteiger partial charge on any atom is -0.0651 e. The Morgan fingerprint density at radius 3 is 1.93 bits per heavy atom. The normalized spacial score (nSPS) is 44.4. The molecule has 0 aromatic carbocycles. The highest BCUT2D eigenvalue weighted by Gasteiger charge is 2.52. The largest absolute Gasteiger partial charge is 0.0651 e. The molecule has 0 aromatic heterocycles. The minimum absolute atomic E-state index is 0.440. The van der Waals surface area contributed by atoms with Gasteiger partial charge in [-0.05, 0) is 35.0 Å². The summed E-state index contributed by atoms with van der Waals surface area (Å²) in [6.07, 6.45) is 2.79. The van der Waals surface area contributed by atoms with Crippen LogP contribution in [0.25, 0.3) is 0 Å². The van der Waals surface area contributed by atoms with E-state index in [1.54, 1.807) is 0 Å². The van der Waals surface area contributed by atoms with Crippen LogP contribution in [0.3, 0.4) is 0 Å². The summed E-state index contributed by atoms with van der Waals surface area (Å²) in [5.74, 6) is 2.71. The molecule has 0 saturated heterocycles. The van der Waals surface area contributed by atoms with Gasteiger partial charge in [0.25, 0.3) is 0 Å². The standard InChI is InChI=1S/C14H28/c1-8-12-9-10(2)14(7,11(12)3)13(4,5)6/h10-12H,8-9H2,1-7H3. The van der Waals surface area contributed by atoms with E-state index >= 15 is 0 Å². The molecule has 0 radical (unpaired) electrons. The highest BCUT2D eigenvalue weighted by molar-refractivity contribution is 5.01. The zero-order valence-corrected chi connectivity index (χ0v) is 11.1. The van der Waals surface area contributed by atoms with E-state index < -0.39 is 0 Å². The van der Waals surface area contributed by atoms with Crippen molar-refractivity contribution >= 4 is 0 Å². The van der Waals surface area contributed by atoms with Gasteiger partial charge in [0.2, 0.25) is 0 Å². The van der Waals surface area contributed by atoms with Crippen LogP contribution in [0.5, 0.6) is 0 Å². The van der Waals surface area contributed by atoms with Gasteiger partial charge in [-0.2, -0.15) is 0 Å². The summed E-state index contributed by atoms with van der Waals surface area (Å²) in [7, 11) is 0.